The van der Waals surface area contributed by atoms with Crippen LogP contribution in [0.4, 0.5) is 0 Å². The number of carboxylic acid groups (broad SMARTS) is 2. The Bertz CT molecular complexity index is 331. The van der Waals surface area contributed by atoms with Crippen LogP contribution in [-0.4, -0.2) is 39.2 Å². The molecule has 0 heterocycles. The molecular formula is C22H42O4Pb. The smallest absolute Gasteiger partial charge is 0.550 e. The average Bonchev–Trinajstić information content (AvgIpc) is 2.44. The summed E-state index contributed by atoms with van der Waals surface area (Å²) in [5, 5.41) is 20.2. The summed E-state index contributed by atoms with van der Waals surface area (Å²) in [6.07, 6.45) is 11.1. The molecule has 0 unspecified atom stereocenters. The van der Waals surface area contributed by atoms with Gasteiger partial charge in [-0.05, 0) is 49.4 Å². The van der Waals surface area contributed by atoms with Crippen LogP contribution in [0.5, 0.6) is 0 Å². The van der Waals surface area contributed by atoms with Gasteiger partial charge in [-0.2, -0.15) is 0 Å². The largest absolute Gasteiger partial charge is 2.00 e. The molecule has 0 spiro atoms. The molecule has 0 aliphatic carbocycles. The zero-order chi connectivity index (χ0) is 20.6. The van der Waals surface area contributed by atoms with Crippen LogP contribution in [0.1, 0.15) is 119 Å². The second-order valence-corrected chi connectivity index (χ2v) is 9.69. The number of aliphatic carboxylic acids is 2. The Morgan fingerprint density at radius 3 is 1.04 bits per heavy atom. The fourth-order valence-electron chi connectivity index (χ4n) is 2.56. The van der Waals surface area contributed by atoms with Gasteiger partial charge in [0.05, 0.1) is 0 Å². The van der Waals surface area contributed by atoms with Crippen molar-refractivity contribution in [1.82, 2.24) is 0 Å². The first-order chi connectivity index (χ1) is 11.8. The van der Waals surface area contributed by atoms with Crippen LogP contribution in [0.25, 0.3) is 0 Å². The van der Waals surface area contributed by atoms with E-state index in [1.165, 1.54) is 25.7 Å². The van der Waals surface area contributed by atoms with Crippen molar-refractivity contribution < 1.29 is 19.8 Å². The molecule has 0 aliphatic heterocycles. The Hall–Kier alpha value is -0.138. The van der Waals surface area contributed by atoms with E-state index in [1.807, 2.05) is 0 Å². The van der Waals surface area contributed by atoms with Crippen molar-refractivity contribution in [3.05, 3.63) is 0 Å². The van der Waals surface area contributed by atoms with Gasteiger partial charge in [-0.15, -0.1) is 0 Å². The van der Waals surface area contributed by atoms with Gasteiger partial charge in [-0.1, -0.05) is 80.1 Å². The van der Waals surface area contributed by atoms with E-state index in [2.05, 4.69) is 41.5 Å². The normalized spacial score (nSPS) is 11.2. The summed E-state index contributed by atoms with van der Waals surface area (Å²) in [5.74, 6) is -1.84. The van der Waals surface area contributed by atoms with Crippen LogP contribution in [-0.2, 0) is 9.59 Å². The van der Waals surface area contributed by atoms with E-state index in [4.69, 9.17) is 0 Å². The predicted molar refractivity (Wildman–Crippen MR) is 110 cm³/mol. The SMILES string of the molecule is CC(C)(C)CCCCCCC(=O)[O-].CC(C)(C)CCCCCCC(=O)[O-].[Pb+2]. The number of carbonyl (C=O) groups is 2. The third-order valence-electron chi connectivity index (χ3n) is 4.12. The van der Waals surface area contributed by atoms with Gasteiger partial charge >= 0.3 is 27.3 Å². The maximum atomic E-state index is 10.1. The Morgan fingerprint density at radius 2 is 0.815 bits per heavy atom. The molecule has 0 aromatic carbocycles. The monoisotopic (exact) mass is 578 g/mol. The third-order valence-corrected chi connectivity index (χ3v) is 4.12. The summed E-state index contributed by atoms with van der Waals surface area (Å²) in [6, 6.07) is 0. The molecule has 4 nitrogen and oxygen atoms in total. The van der Waals surface area contributed by atoms with Crippen LogP contribution in [0.15, 0.2) is 0 Å². The van der Waals surface area contributed by atoms with Crippen LogP contribution in [0.2, 0.25) is 0 Å². The van der Waals surface area contributed by atoms with E-state index in [0.29, 0.717) is 10.8 Å². The summed E-state index contributed by atoms with van der Waals surface area (Å²) in [7, 11) is 0. The summed E-state index contributed by atoms with van der Waals surface area (Å²) in [5.41, 5.74) is 0.822. The first kappa shape index (κ1) is 31.6. The average molecular weight is 578 g/mol. The molecule has 0 saturated carbocycles. The van der Waals surface area contributed by atoms with Gasteiger partial charge in [0.2, 0.25) is 0 Å². The molecule has 0 N–H and O–H groups in total. The second-order valence-electron chi connectivity index (χ2n) is 9.69. The van der Waals surface area contributed by atoms with Crippen molar-refractivity contribution in [2.75, 3.05) is 0 Å². The summed E-state index contributed by atoms with van der Waals surface area (Å²) in [6.45, 7) is 13.4. The molecule has 0 atom stereocenters. The number of carboxylic acids is 2. The topological polar surface area (TPSA) is 80.3 Å². The van der Waals surface area contributed by atoms with Crippen molar-refractivity contribution in [3.63, 3.8) is 0 Å². The van der Waals surface area contributed by atoms with Crippen molar-refractivity contribution in [2.24, 2.45) is 10.8 Å². The van der Waals surface area contributed by atoms with Crippen molar-refractivity contribution in [1.29, 1.82) is 0 Å². The molecule has 5 heteroatoms. The van der Waals surface area contributed by atoms with E-state index in [0.717, 1.165) is 38.5 Å². The van der Waals surface area contributed by atoms with Gasteiger partial charge in [-0.3, -0.25) is 0 Å². The van der Waals surface area contributed by atoms with Gasteiger partial charge in [0.25, 0.3) is 0 Å². The first-order valence-corrected chi connectivity index (χ1v) is 10.2. The van der Waals surface area contributed by atoms with Crippen LogP contribution in [0, 0.1) is 10.8 Å². The zero-order valence-corrected chi connectivity index (χ0v) is 22.5. The summed E-state index contributed by atoms with van der Waals surface area (Å²) < 4.78 is 0. The standard InChI is InChI=1S/2C11H22O2.Pb/c2*1-11(2,3)9-7-5-4-6-8-10(12)13;/h2*4-9H2,1-3H3,(H,12,13);/q;;+2/p-2. The Balaban J connectivity index is -0.000000411. The number of unbranched alkanes of at least 4 members (excludes halogenated alkanes) is 6. The third kappa shape index (κ3) is 37.3. The van der Waals surface area contributed by atoms with Crippen molar-refractivity contribution in [2.45, 2.75) is 119 Å². The molecule has 27 heavy (non-hydrogen) atoms. The number of hydrogen-bond donors (Lipinski definition) is 0. The van der Waals surface area contributed by atoms with Gasteiger partial charge < -0.3 is 19.8 Å². The molecule has 0 fully saturated rings. The Morgan fingerprint density at radius 1 is 0.556 bits per heavy atom. The van der Waals surface area contributed by atoms with Crippen LogP contribution >= 0.6 is 0 Å². The number of carbonyl (C=O) groups excluding carboxylic acids is 2. The molecule has 0 bridgehead atoms. The van der Waals surface area contributed by atoms with Gasteiger partial charge in [0, 0.05) is 11.9 Å². The minimum atomic E-state index is -0.921. The predicted octanol–water partition coefficient (Wildman–Crippen LogP) is 3.87. The zero-order valence-electron chi connectivity index (χ0n) is 18.6. The van der Waals surface area contributed by atoms with E-state index < -0.39 is 11.9 Å². The minimum Gasteiger partial charge on any atom is -0.550 e. The quantitative estimate of drug-likeness (QED) is 0.261. The number of hydrogen-bond acceptors (Lipinski definition) is 4. The van der Waals surface area contributed by atoms with E-state index in [-0.39, 0.29) is 40.1 Å². The van der Waals surface area contributed by atoms with Gasteiger partial charge in [0.15, 0.2) is 0 Å². The first-order valence-electron chi connectivity index (χ1n) is 10.2. The van der Waals surface area contributed by atoms with Crippen molar-refractivity contribution in [3.8, 4) is 0 Å². The molecule has 0 saturated heterocycles. The van der Waals surface area contributed by atoms with E-state index >= 15 is 0 Å². The van der Waals surface area contributed by atoms with Gasteiger partial charge in [-0.25, -0.2) is 0 Å². The fraction of sp³-hybridized carbons (Fsp3) is 0.909. The summed E-state index contributed by atoms with van der Waals surface area (Å²) in [4.78, 5) is 20.2. The molecule has 158 valence electrons. The van der Waals surface area contributed by atoms with Gasteiger partial charge in [0.1, 0.15) is 0 Å². The molecule has 0 aliphatic rings. The second kappa shape index (κ2) is 17.9. The molecule has 0 amide bonds. The maximum absolute atomic E-state index is 10.1. The van der Waals surface area contributed by atoms with E-state index in [1.54, 1.807) is 0 Å². The molecular weight excluding hydrogens is 535 g/mol. The molecule has 2 radical (unpaired) electrons. The summed E-state index contributed by atoms with van der Waals surface area (Å²) >= 11 is 0. The fourth-order valence-corrected chi connectivity index (χ4v) is 2.56. The van der Waals surface area contributed by atoms with E-state index in [9.17, 15) is 19.8 Å². The molecule has 0 aromatic rings. The van der Waals surface area contributed by atoms with Crippen molar-refractivity contribution >= 4 is 39.2 Å². The maximum Gasteiger partial charge on any atom is 2.00 e. The van der Waals surface area contributed by atoms with Crippen LogP contribution in [0.3, 0.4) is 0 Å². The minimum absolute atomic E-state index is 0. The Labute approximate surface area is 188 Å². The number of rotatable bonds is 12. The Kier molecular flexibility index (Phi) is 21.0. The molecule has 0 rings (SSSR count). The molecule has 0 aromatic heterocycles. The van der Waals surface area contributed by atoms with Crippen LogP contribution < -0.4 is 10.2 Å².